The van der Waals surface area contributed by atoms with Crippen LogP contribution in [-0.2, 0) is 16.0 Å². The molecule has 19 heavy (non-hydrogen) atoms. The molecular formula is C16H15NO2. The Morgan fingerprint density at radius 1 is 1.16 bits per heavy atom. The molecule has 0 aliphatic carbocycles. The van der Waals surface area contributed by atoms with Crippen molar-refractivity contribution >= 4 is 18.1 Å². The molecule has 0 bridgehead atoms. The Kier molecular flexibility index (Phi) is 4.45. The number of methoxy groups -OCH3 is 1. The minimum Gasteiger partial charge on any atom is -0.469 e. The van der Waals surface area contributed by atoms with Crippen LogP contribution in [0.15, 0.2) is 48.8 Å². The molecule has 0 amide bonds. The Morgan fingerprint density at radius 3 is 2.53 bits per heavy atom. The topological polar surface area (TPSA) is 39.2 Å². The fourth-order valence-corrected chi connectivity index (χ4v) is 1.65. The van der Waals surface area contributed by atoms with Gasteiger partial charge < -0.3 is 4.74 Å². The molecule has 0 spiro atoms. The molecule has 3 nitrogen and oxygen atoms in total. The molecule has 0 aliphatic heterocycles. The molecule has 0 N–H and O–H groups in total. The van der Waals surface area contributed by atoms with Gasteiger partial charge in [-0.05, 0) is 22.8 Å². The third kappa shape index (κ3) is 4.07. The zero-order valence-electron chi connectivity index (χ0n) is 10.7. The lowest BCUT2D eigenvalue weighted by Crippen LogP contribution is -2.03. The van der Waals surface area contributed by atoms with E-state index in [1.165, 1.54) is 7.11 Å². The van der Waals surface area contributed by atoms with Crippen LogP contribution >= 0.6 is 0 Å². The molecule has 1 aromatic carbocycles. The van der Waals surface area contributed by atoms with Gasteiger partial charge in [-0.25, -0.2) is 0 Å². The number of ether oxygens (including phenoxy) is 1. The first-order valence-corrected chi connectivity index (χ1v) is 6.02. The van der Waals surface area contributed by atoms with E-state index in [4.69, 9.17) is 0 Å². The minimum atomic E-state index is -0.223. The Morgan fingerprint density at radius 2 is 1.89 bits per heavy atom. The third-order valence-electron chi connectivity index (χ3n) is 2.71. The van der Waals surface area contributed by atoms with Crippen LogP contribution in [0.5, 0.6) is 0 Å². The summed E-state index contributed by atoms with van der Waals surface area (Å²) in [6.45, 7) is 0. The van der Waals surface area contributed by atoms with Gasteiger partial charge in [0.2, 0.25) is 0 Å². The Balaban J connectivity index is 2.03. The zero-order valence-corrected chi connectivity index (χ0v) is 10.7. The fraction of sp³-hybridized carbons (Fsp3) is 0.125. The molecule has 3 heteroatoms. The largest absolute Gasteiger partial charge is 0.469 e. The van der Waals surface area contributed by atoms with Crippen LogP contribution in [0.3, 0.4) is 0 Å². The maximum Gasteiger partial charge on any atom is 0.309 e. The Bertz CT molecular complexity index is 559. The predicted octanol–water partition coefficient (Wildman–Crippen LogP) is 2.97. The van der Waals surface area contributed by atoms with Crippen LogP contribution in [-0.4, -0.2) is 18.1 Å². The second-order valence-electron chi connectivity index (χ2n) is 4.11. The standard InChI is InChI=1S/C16H15NO2/c1-19-16(18)11-14-7-4-13(5-8-14)6-9-15-3-2-10-17-12-15/h2-10,12H,11H2,1H3/b9-6+. The van der Waals surface area contributed by atoms with Gasteiger partial charge in [0, 0.05) is 12.4 Å². The van der Waals surface area contributed by atoms with E-state index in [9.17, 15) is 4.79 Å². The van der Waals surface area contributed by atoms with Gasteiger partial charge in [0.15, 0.2) is 0 Å². The van der Waals surface area contributed by atoms with Gasteiger partial charge in [-0.1, -0.05) is 42.5 Å². The summed E-state index contributed by atoms with van der Waals surface area (Å²) in [5.74, 6) is -0.223. The van der Waals surface area contributed by atoms with Crippen LogP contribution in [0.1, 0.15) is 16.7 Å². The summed E-state index contributed by atoms with van der Waals surface area (Å²) in [5.41, 5.74) is 3.09. The number of hydrogen-bond acceptors (Lipinski definition) is 3. The summed E-state index contributed by atoms with van der Waals surface area (Å²) in [6.07, 6.45) is 7.88. The van der Waals surface area contributed by atoms with Crippen LogP contribution in [0.2, 0.25) is 0 Å². The highest BCUT2D eigenvalue weighted by atomic mass is 16.5. The monoisotopic (exact) mass is 253 g/mol. The number of esters is 1. The van der Waals surface area contributed by atoms with Gasteiger partial charge >= 0.3 is 5.97 Å². The number of aromatic nitrogens is 1. The van der Waals surface area contributed by atoms with E-state index in [2.05, 4.69) is 9.72 Å². The fourth-order valence-electron chi connectivity index (χ4n) is 1.65. The molecule has 96 valence electrons. The van der Waals surface area contributed by atoms with Crippen LogP contribution in [0, 0.1) is 0 Å². The van der Waals surface area contributed by atoms with Crippen molar-refractivity contribution in [3.63, 3.8) is 0 Å². The van der Waals surface area contributed by atoms with E-state index in [-0.39, 0.29) is 5.97 Å². The molecule has 0 unspecified atom stereocenters. The number of pyridine rings is 1. The van der Waals surface area contributed by atoms with Crippen molar-refractivity contribution in [3.8, 4) is 0 Å². The molecule has 2 aromatic rings. The van der Waals surface area contributed by atoms with Crippen molar-refractivity contribution in [2.75, 3.05) is 7.11 Å². The summed E-state index contributed by atoms with van der Waals surface area (Å²) in [4.78, 5) is 15.2. The second-order valence-corrected chi connectivity index (χ2v) is 4.11. The normalized spacial score (nSPS) is 10.6. The van der Waals surface area contributed by atoms with Crippen LogP contribution in [0.25, 0.3) is 12.2 Å². The van der Waals surface area contributed by atoms with Gasteiger partial charge in [0.25, 0.3) is 0 Å². The van der Waals surface area contributed by atoms with Crippen molar-refractivity contribution in [1.29, 1.82) is 0 Å². The van der Waals surface area contributed by atoms with E-state index in [0.29, 0.717) is 6.42 Å². The molecule has 0 aliphatic rings. The third-order valence-corrected chi connectivity index (χ3v) is 2.71. The maximum atomic E-state index is 11.1. The first-order chi connectivity index (χ1) is 9.28. The number of carbonyl (C=O) groups is 1. The van der Waals surface area contributed by atoms with Gasteiger partial charge in [-0.3, -0.25) is 9.78 Å². The summed E-state index contributed by atoms with van der Waals surface area (Å²) in [7, 11) is 1.40. The van der Waals surface area contributed by atoms with Crippen molar-refractivity contribution in [3.05, 3.63) is 65.5 Å². The lowest BCUT2D eigenvalue weighted by molar-refractivity contribution is -0.139. The summed E-state index contributed by atoms with van der Waals surface area (Å²) < 4.78 is 4.63. The highest BCUT2D eigenvalue weighted by molar-refractivity contribution is 5.73. The second kappa shape index (κ2) is 6.50. The molecule has 0 atom stereocenters. The lowest BCUT2D eigenvalue weighted by atomic mass is 10.1. The first kappa shape index (κ1) is 13.0. The molecule has 0 radical (unpaired) electrons. The summed E-state index contributed by atoms with van der Waals surface area (Å²) >= 11 is 0. The van der Waals surface area contributed by atoms with E-state index < -0.39 is 0 Å². The number of benzene rings is 1. The minimum absolute atomic E-state index is 0.223. The van der Waals surface area contributed by atoms with Gasteiger partial charge in [-0.2, -0.15) is 0 Å². The van der Waals surface area contributed by atoms with E-state index in [1.54, 1.807) is 6.20 Å². The van der Waals surface area contributed by atoms with Gasteiger partial charge in [-0.15, -0.1) is 0 Å². The van der Waals surface area contributed by atoms with Gasteiger partial charge in [0.1, 0.15) is 0 Å². The molecule has 0 fully saturated rings. The molecular weight excluding hydrogens is 238 g/mol. The average molecular weight is 253 g/mol. The average Bonchev–Trinajstić information content (AvgIpc) is 2.47. The van der Waals surface area contributed by atoms with Crippen molar-refractivity contribution in [2.45, 2.75) is 6.42 Å². The SMILES string of the molecule is COC(=O)Cc1ccc(/C=C/c2cccnc2)cc1. The number of rotatable bonds is 4. The first-order valence-electron chi connectivity index (χ1n) is 6.02. The van der Waals surface area contributed by atoms with Crippen LogP contribution < -0.4 is 0 Å². The molecule has 0 saturated heterocycles. The Hall–Kier alpha value is -2.42. The molecule has 2 rings (SSSR count). The van der Waals surface area contributed by atoms with E-state index in [1.807, 2.05) is 54.7 Å². The highest BCUT2D eigenvalue weighted by Gasteiger charge is 2.01. The highest BCUT2D eigenvalue weighted by Crippen LogP contribution is 2.10. The summed E-state index contributed by atoms with van der Waals surface area (Å²) in [6, 6.07) is 11.7. The molecule has 0 saturated carbocycles. The lowest BCUT2D eigenvalue weighted by Gasteiger charge is -2.00. The molecule has 1 aromatic heterocycles. The zero-order chi connectivity index (χ0) is 13.5. The van der Waals surface area contributed by atoms with E-state index in [0.717, 1.165) is 16.7 Å². The number of nitrogens with zero attached hydrogens (tertiary/aromatic N) is 1. The quantitative estimate of drug-likeness (QED) is 0.786. The Labute approximate surface area is 112 Å². The number of carbonyl (C=O) groups excluding carboxylic acids is 1. The molecule has 1 heterocycles. The van der Waals surface area contributed by atoms with Gasteiger partial charge in [0.05, 0.1) is 13.5 Å². The number of hydrogen-bond donors (Lipinski definition) is 0. The van der Waals surface area contributed by atoms with Crippen molar-refractivity contribution in [1.82, 2.24) is 4.98 Å². The smallest absolute Gasteiger partial charge is 0.309 e. The maximum absolute atomic E-state index is 11.1. The predicted molar refractivity (Wildman–Crippen MR) is 75.3 cm³/mol. The summed E-state index contributed by atoms with van der Waals surface area (Å²) in [5, 5.41) is 0. The van der Waals surface area contributed by atoms with Crippen LogP contribution in [0.4, 0.5) is 0 Å². The van der Waals surface area contributed by atoms with Crippen molar-refractivity contribution in [2.24, 2.45) is 0 Å². The van der Waals surface area contributed by atoms with Crippen molar-refractivity contribution < 1.29 is 9.53 Å². The van der Waals surface area contributed by atoms with E-state index >= 15 is 0 Å².